The lowest BCUT2D eigenvalue weighted by Gasteiger charge is -2.27. The maximum absolute atomic E-state index is 12.6. The molecule has 26 heavy (non-hydrogen) atoms. The third-order valence-corrected chi connectivity index (χ3v) is 5.75. The number of halogens is 1. The van der Waals surface area contributed by atoms with Crippen LogP contribution in [-0.2, 0) is 14.3 Å². The summed E-state index contributed by atoms with van der Waals surface area (Å²) in [5, 5.41) is 1.84. The Morgan fingerprint density at radius 2 is 2.15 bits per heavy atom. The first-order valence-electron chi connectivity index (χ1n) is 8.16. The Balaban J connectivity index is 1.56. The van der Waals surface area contributed by atoms with Gasteiger partial charge in [0.1, 0.15) is 4.32 Å². The van der Waals surface area contributed by atoms with Gasteiger partial charge in [0.2, 0.25) is 5.91 Å². The fourth-order valence-corrected chi connectivity index (χ4v) is 4.29. The molecule has 1 aromatic carbocycles. The van der Waals surface area contributed by atoms with Gasteiger partial charge in [-0.2, -0.15) is 0 Å². The number of nitrogens with zero attached hydrogens (tertiary/aromatic N) is 2. The number of morpholine rings is 1. The van der Waals surface area contributed by atoms with Crippen molar-refractivity contribution >= 4 is 62.1 Å². The Labute approximate surface area is 170 Å². The Morgan fingerprint density at radius 1 is 1.38 bits per heavy atom. The van der Waals surface area contributed by atoms with Gasteiger partial charge in [0, 0.05) is 30.5 Å². The van der Waals surface area contributed by atoms with Gasteiger partial charge in [-0.05, 0) is 23.8 Å². The van der Waals surface area contributed by atoms with E-state index >= 15 is 0 Å². The first-order valence-corrected chi connectivity index (χ1v) is 10.2. The van der Waals surface area contributed by atoms with E-state index in [-0.39, 0.29) is 24.8 Å². The number of rotatable bonds is 5. The van der Waals surface area contributed by atoms with Gasteiger partial charge < -0.3 is 4.74 Å². The highest BCUT2D eigenvalue weighted by molar-refractivity contribution is 9.10. The van der Waals surface area contributed by atoms with Gasteiger partial charge >= 0.3 is 0 Å². The summed E-state index contributed by atoms with van der Waals surface area (Å²) in [6.07, 6.45) is 2.02. The van der Waals surface area contributed by atoms with Crippen LogP contribution in [0, 0.1) is 0 Å². The lowest BCUT2D eigenvalue weighted by atomic mass is 10.2. The number of thiocarbonyl (C=S) groups is 1. The maximum atomic E-state index is 12.6. The van der Waals surface area contributed by atoms with Crippen molar-refractivity contribution in [3.8, 4) is 0 Å². The van der Waals surface area contributed by atoms with Gasteiger partial charge in [0.25, 0.3) is 5.91 Å². The number of hydrogen-bond donors (Lipinski definition) is 1. The molecule has 2 heterocycles. The summed E-state index contributed by atoms with van der Waals surface area (Å²) in [7, 11) is 0. The summed E-state index contributed by atoms with van der Waals surface area (Å²) < 4.78 is 6.67. The van der Waals surface area contributed by atoms with Crippen LogP contribution in [0.25, 0.3) is 6.08 Å². The normalized spacial score (nSPS) is 20.0. The van der Waals surface area contributed by atoms with Crippen LogP contribution in [-0.4, -0.2) is 58.9 Å². The highest BCUT2D eigenvalue weighted by Crippen LogP contribution is 2.32. The molecular weight excluding hydrogens is 438 g/mol. The molecule has 2 aliphatic rings. The first kappa shape index (κ1) is 19.5. The molecule has 0 aliphatic carbocycles. The summed E-state index contributed by atoms with van der Waals surface area (Å²) in [5.74, 6) is -0.281. The molecule has 9 heteroatoms. The molecule has 3 rings (SSSR count). The molecule has 0 unspecified atom stereocenters. The van der Waals surface area contributed by atoms with Gasteiger partial charge in [-0.3, -0.25) is 19.9 Å². The molecule has 0 bridgehead atoms. The van der Waals surface area contributed by atoms with Crippen LogP contribution in [0.3, 0.4) is 0 Å². The van der Waals surface area contributed by atoms with Crippen molar-refractivity contribution in [2.75, 3.05) is 32.8 Å². The smallest absolute Gasteiger partial charge is 0.266 e. The molecule has 0 atom stereocenters. The summed E-state index contributed by atoms with van der Waals surface area (Å²) in [6.45, 7) is 2.83. The fraction of sp³-hybridized carbons (Fsp3) is 0.353. The van der Waals surface area contributed by atoms with Crippen molar-refractivity contribution in [1.82, 2.24) is 15.3 Å². The van der Waals surface area contributed by atoms with E-state index in [4.69, 9.17) is 17.0 Å². The average molecular weight is 456 g/mol. The second-order valence-electron chi connectivity index (χ2n) is 5.77. The lowest BCUT2D eigenvalue weighted by molar-refractivity contribution is -0.128. The van der Waals surface area contributed by atoms with E-state index in [0.29, 0.717) is 35.5 Å². The minimum Gasteiger partial charge on any atom is -0.379 e. The van der Waals surface area contributed by atoms with Crippen LogP contribution in [0.2, 0.25) is 0 Å². The Morgan fingerprint density at radius 3 is 2.88 bits per heavy atom. The number of carbonyl (C=O) groups is 2. The molecular formula is C17H18BrN3O3S2. The molecule has 1 N–H and O–H groups in total. The summed E-state index contributed by atoms with van der Waals surface area (Å²) in [5.41, 5.74) is 3.76. The highest BCUT2D eigenvalue weighted by Gasteiger charge is 2.32. The molecule has 0 aromatic heterocycles. The second-order valence-corrected chi connectivity index (χ2v) is 8.36. The van der Waals surface area contributed by atoms with Crippen molar-refractivity contribution in [2.45, 2.75) is 6.42 Å². The van der Waals surface area contributed by atoms with E-state index in [1.165, 1.54) is 16.7 Å². The molecule has 2 fully saturated rings. The topological polar surface area (TPSA) is 61.9 Å². The summed E-state index contributed by atoms with van der Waals surface area (Å²) in [4.78, 5) is 26.7. The van der Waals surface area contributed by atoms with Crippen LogP contribution < -0.4 is 5.43 Å². The standard InChI is InChI=1S/C17H18BrN3O3S2/c18-13-3-1-2-12(10-13)11-14-16(23)21(17(25)26-14)5-4-15(22)19-20-6-8-24-9-7-20/h1-3,10-11H,4-9H2,(H,19,22)/b14-11-. The molecule has 0 saturated carbocycles. The molecule has 2 saturated heterocycles. The second kappa shape index (κ2) is 9.09. The van der Waals surface area contributed by atoms with Crippen LogP contribution in [0.5, 0.6) is 0 Å². The average Bonchev–Trinajstić information content (AvgIpc) is 2.87. The Hall–Kier alpha value is -1.26. The number of thioether (sulfide) groups is 1. The van der Waals surface area contributed by atoms with E-state index in [2.05, 4.69) is 21.4 Å². The van der Waals surface area contributed by atoms with E-state index in [1.54, 1.807) is 0 Å². The van der Waals surface area contributed by atoms with Gasteiger partial charge in [0.15, 0.2) is 0 Å². The van der Waals surface area contributed by atoms with Gasteiger partial charge in [-0.1, -0.05) is 52.0 Å². The van der Waals surface area contributed by atoms with Crippen LogP contribution >= 0.6 is 39.9 Å². The molecule has 2 aliphatic heterocycles. The number of benzene rings is 1. The molecule has 6 nitrogen and oxygen atoms in total. The number of nitrogens with one attached hydrogen (secondary N) is 1. The first-order chi connectivity index (χ1) is 12.5. The Bertz CT molecular complexity index is 751. The fourth-order valence-electron chi connectivity index (χ4n) is 2.56. The largest absolute Gasteiger partial charge is 0.379 e. The van der Waals surface area contributed by atoms with Crippen molar-refractivity contribution in [3.63, 3.8) is 0 Å². The van der Waals surface area contributed by atoms with Crippen molar-refractivity contribution in [2.24, 2.45) is 0 Å². The quantitative estimate of drug-likeness (QED) is 0.543. The van der Waals surface area contributed by atoms with E-state index < -0.39 is 0 Å². The van der Waals surface area contributed by atoms with Crippen molar-refractivity contribution in [3.05, 3.63) is 39.2 Å². The van der Waals surface area contributed by atoms with Crippen molar-refractivity contribution in [1.29, 1.82) is 0 Å². The zero-order valence-corrected chi connectivity index (χ0v) is 17.2. The zero-order valence-electron chi connectivity index (χ0n) is 13.9. The van der Waals surface area contributed by atoms with Crippen LogP contribution in [0.15, 0.2) is 33.6 Å². The number of amides is 2. The van der Waals surface area contributed by atoms with E-state index in [0.717, 1.165) is 10.0 Å². The number of hydrogen-bond acceptors (Lipinski definition) is 6. The molecule has 138 valence electrons. The zero-order chi connectivity index (χ0) is 18.5. The number of carbonyl (C=O) groups excluding carboxylic acids is 2. The van der Waals surface area contributed by atoms with E-state index in [9.17, 15) is 9.59 Å². The van der Waals surface area contributed by atoms with Crippen molar-refractivity contribution < 1.29 is 14.3 Å². The maximum Gasteiger partial charge on any atom is 0.266 e. The summed E-state index contributed by atoms with van der Waals surface area (Å²) >= 11 is 9.99. The highest BCUT2D eigenvalue weighted by atomic mass is 79.9. The molecule has 1 aromatic rings. The summed E-state index contributed by atoms with van der Waals surface area (Å²) in [6, 6.07) is 7.69. The minimum atomic E-state index is -0.154. The third-order valence-electron chi connectivity index (χ3n) is 3.88. The van der Waals surface area contributed by atoms with Gasteiger partial charge in [-0.15, -0.1) is 0 Å². The van der Waals surface area contributed by atoms with E-state index in [1.807, 2.05) is 35.4 Å². The monoisotopic (exact) mass is 455 g/mol. The van der Waals surface area contributed by atoms with Crippen LogP contribution in [0.4, 0.5) is 0 Å². The number of hydrazine groups is 1. The molecule has 2 amide bonds. The SMILES string of the molecule is O=C(CCN1C(=O)/C(=C/c2cccc(Br)c2)SC1=S)NN1CCOCC1. The van der Waals surface area contributed by atoms with Gasteiger partial charge in [0.05, 0.1) is 18.1 Å². The lowest BCUT2D eigenvalue weighted by Crippen LogP contribution is -2.49. The predicted octanol–water partition coefficient (Wildman–Crippen LogP) is 2.40. The third kappa shape index (κ3) is 5.14. The number of ether oxygens (including phenoxy) is 1. The molecule has 0 spiro atoms. The Kier molecular flexibility index (Phi) is 6.82. The van der Waals surface area contributed by atoms with Gasteiger partial charge in [-0.25, -0.2) is 5.01 Å². The predicted molar refractivity (Wildman–Crippen MR) is 109 cm³/mol. The minimum absolute atomic E-state index is 0.128. The van der Waals surface area contributed by atoms with Crippen LogP contribution in [0.1, 0.15) is 12.0 Å². The molecule has 0 radical (unpaired) electrons.